The topological polar surface area (TPSA) is 26.3 Å². The highest BCUT2D eigenvalue weighted by Crippen LogP contribution is 2.14. The Morgan fingerprint density at radius 1 is 1.38 bits per heavy atom. The van der Waals surface area contributed by atoms with Gasteiger partial charge in [-0.2, -0.15) is 0 Å². The second-order valence-corrected chi connectivity index (χ2v) is 4.99. The number of rotatable bonds is 4. The SMILES string of the molecule is CPC/C=C\COC(=O)C(C)(C)C. The number of carbonyl (C=O) groups is 1. The summed E-state index contributed by atoms with van der Waals surface area (Å²) >= 11 is 0. The van der Waals surface area contributed by atoms with Crippen LogP contribution in [0.25, 0.3) is 0 Å². The number of ether oxygens (including phenoxy) is 1. The van der Waals surface area contributed by atoms with E-state index in [0.29, 0.717) is 6.61 Å². The van der Waals surface area contributed by atoms with Gasteiger partial charge in [-0.05, 0) is 33.6 Å². The first-order valence-electron chi connectivity index (χ1n) is 4.45. The molecule has 0 amide bonds. The lowest BCUT2D eigenvalue weighted by atomic mass is 9.97. The minimum atomic E-state index is -0.389. The molecule has 0 rings (SSSR count). The zero-order valence-electron chi connectivity index (χ0n) is 8.89. The average molecular weight is 202 g/mol. The first kappa shape index (κ1) is 12.6. The predicted molar refractivity (Wildman–Crippen MR) is 58.7 cm³/mol. The number of hydrogen-bond acceptors (Lipinski definition) is 2. The fraction of sp³-hybridized carbons (Fsp3) is 0.700. The van der Waals surface area contributed by atoms with Gasteiger partial charge in [0.25, 0.3) is 0 Å². The van der Waals surface area contributed by atoms with E-state index in [1.54, 1.807) is 0 Å². The monoisotopic (exact) mass is 202 g/mol. The maximum Gasteiger partial charge on any atom is 0.311 e. The highest BCUT2D eigenvalue weighted by atomic mass is 31.1. The van der Waals surface area contributed by atoms with Gasteiger partial charge in [0.05, 0.1) is 5.41 Å². The van der Waals surface area contributed by atoms with Crippen molar-refractivity contribution in [3.63, 3.8) is 0 Å². The zero-order chi connectivity index (χ0) is 10.3. The van der Waals surface area contributed by atoms with Crippen molar-refractivity contribution >= 4 is 14.6 Å². The van der Waals surface area contributed by atoms with Crippen molar-refractivity contribution in [3.05, 3.63) is 12.2 Å². The largest absolute Gasteiger partial charge is 0.461 e. The third-order valence-electron chi connectivity index (χ3n) is 1.41. The van der Waals surface area contributed by atoms with Crippen LogP contribution in [0.15, 0.2) is 12.2 Å². The summed E-state index contributed by atoms with van der Waals surface area (Å²) in [5.74, 6) is -0.143. The van der Waals surface area contributed by atoms with Gasteiger partial charge in [-0.1, -0.05) is 12.2 Å². The van der Waals surface area contributed by atoms with Gasteiger partial charge in [-0.25, -0.2) is 0 Å². The van der Waals surface area contributed by atoms with E-state index >= 15 is 0 Å². The molecule has 0 aromatic rings. The summed E-state index contributed by atoms with van der Waals surface area (Å²) in [6.07, 6.45) is 5.03. The highest BCUT2D eigenvalue weighted by molar-refractivity contribution is 7.37. The van der Waals surface area contributed by atoms with E-state index in [1.165, 1.54) is 0 Å². The first-order valence-corrected chi connectivity index (χ1v) is 6.16. The van der Waals surface area contributed by atoms with Gasteiger partial charge in [-0.3, -0.25) is 4.79 Å². The van der Waals surface area contributed by atoms with Crippen LogP contribution in [-0.4, -0.2) is 25.4 Å². The van der Waals surface area contributed by atoms with Crippen LogP contribution in [0.5, 0.6) is 0 Å². The molecule has 0 fully saturated rings. The molecule has 3 heteroatoms. The zero-order valence-corrected chi connectivity index (χ0v) is 9.89. The summed E-state index contributed by atoms with van der Waals surface area (Å²) in [7, 11) is 0.925. The van der Waals surface area contributed by atoms with Gasteiger partial charge >= 0.3 is 5.97 Å². The molecule has 0 aromatic heterocycles. The molecule has 76 valence electrons. The Hall–Kier alpha value is -0.360. The van der Waals surface area contributed by atoms with Crippen molar-refractivity contribution < 1.29 is 9.53 Å². The number of esters is 1. The summed E-state index contributed by atoms with van der Waals surface area (Å²) < 4.78 is 5.03. The Kier molecular flexibility index (Phi) is 5.98. The van der Waals surface area contributed by atoms with Crippen LogP contribution in [0.4, 0.5) is 0 Å². The molecule has 0 radical (unpaired) electrons. The van der Waals surface area contributed by atoms with Crippen LogP contribution in [0.2, 0.25) is 0 Å². The van der Waals surface area contributed by atoms with Crippen LogP contribution in [0.3, 0.4) is 0 Å². The van der Waals surface area contributed by atoms with E-state index in [-0.39, 0.29) is 11.4 Å². The van der Waals surface area contributed by atoms with Crippen molar-refractivity contribution in [1.29, 1.82) is 0 Å². The average Bonchev–Trinajstić information content (AvgIpc) is 2.02. The normalized spacial score (nSPS) is 12.9. The quantitative estimate of drug-likeness (QED) is 0.397. The molecule has 0 aliphatic rings. The van der Waals surface area contributed by atoms with E-state index in [0.717, 1.165) is 14.7 Å². The summed E-state index contributed by atoms with van der Waals surface area (Å²) in [4.78, 5) is 11.2. The standard InChI is InChI=1S/C10H19O2P/c1-10(2,3)9(11)12-7-5-6-8-13-4/h5-6,13H,7-8H2,1-4H3/b6-5-. The maximum atomic E-state index is 11.2. The van der Waals surface area contributed by atoms with Crippen LogP contribution in [0, 0.1) is 5.41 Å². The molecule has 1 atom stereocenters. The second-order valence-electron chi connectivity index (χ2n) is 3.88. The smallest absolute Gasteiger partial charge is 0.311 e. The molecule has 0 aliphatic carbocycles. The minimum absolute atomic E-state index is 0.143. The molecule has 0 aliphatic heterocycles. The maximum absolute atomic E-state index is 11.2. The molecule has 0 N–H and O–H groups in total. The second kappa shape index (κ2) is 6.15. The fourth-order valence-electron chi connectivity index (χ4n) is 0.610. The van der Waals surface area contributed by atoms with Gasteiger partial charge < -0.3 is 4.74 Å². The Labute approximate surface area is 82.5 Å². The van der Waals surface area contributed by atoms with Crippen molar-refractivity contribution in [3.8, 4) is 0 Å². The number of carbonyl (C=O) groups excluding carboxylic acids is 1. The van der Waals surface area contributed by atoms with Crippen molar-refractivity contribution in [2.45, 2.75) is 20.8 Å². The minimum Gasteiger partial charge on any atom is -0.461 e. The Balaban J connectivity index is 3.60. The molecule has 0 aromatic carbocycles. The summed E-state index contributed by atoms with van der Waals surface area (Å²) in [5.41, 5.74) is -0.389. The van der Waals surface area contributed by atoms with E-state index in [4.69, 9.17) is 4.74 Å². The van der Waals surface area contributed by atoms with E-state index < -0.39 is 0 Å². The summed E-state index contributed by atoms with van der Waals surface area (Å²) in [6.45, 7) is 8.11. The Morgan fingerprint density at radius 2 is 2.00 bits per heavy atom. The third kappa shape index (κ3) is 6.77. The van der Waals surface area contributed by atoms with Crippen molar-refractivity contribution in [2.24, 2.45) is 5.41 Å². The van der Waals surface area contributed by atoms with Crippen molar-refractivity contribution in [1.82, 2.24) is 0 Å². The first-order chi connectivity index (χ1) is 5.98. The molecular formula is C10H19O2P. The lowest BCUT2D eigenvalue weighted by Crippen LogP contribution is -2.22. The highest BCUT2D eigenvalue weighted by Gasteiger charge is 2.22. The van der Waals surface area contributed by atoms with Crippen molar-refractivity contribution in [2.75, 3.05) is 19.4 Å². The van der Waals surface area contributed by atoms with Gasteiger partial charge in [0.15, 0.2) is 0 Å². The molecule has 2 nitrogen and oxygen atoms in total. The van der Waals surface area contributed by atoms with E-state index in [2.05, 4.69) is 6.66 Å². The Bertz CT molecular complexity index is 180. The summed E-state index contributed by atoms with van der Waals surface area (Å²) in [5, 5.41) is 0. The van der Waals surface area contributed by atoms with Gasteiger partial charge in [-0.15, -0.1) is 8.58 Å². The van der Waals surface area contributed by atoms with Crippen LogP contribution >= 0.6 is 8.58 Å². The molecule has 0 saturated carbocycles. The Morgan fingerprint density at radius 3 is 2.46 bits per heavy atom. The number of hydrogen-bond donors (Lipinski definition) is 0. The fourth-order valence-corrected chi connectivity index (χ4v) is 1.01. The predicted octanol–water partition coefficient (Wildman–Crippen LogP) is 2.44. The molecule has 0 heterocycles. The molecule has 13 heavy (non-hydrogen) atoms. The lowest BCUT2D eigenvalue weighted by molar-refractivity contribution is -0.151. The third-order valence-corrected chi connectivity index (χ3v) is 2.06. The van der Waals surface area contributed by atoms with E-state index in [9.17, 15) is 4.79 Å². The van der Waals surface area contributed by atoms with Gasteiger partial charge in [0, 0.05) is 0 Å². The van der Waals surface area contributed by atoms with Gasteiger partial charge in [0.1, 0.15) is 6.61 Å². The van der Waals surface area contributed by atoms with Crippen LogP contribution in [-0.2, 0) is 9.53 Å². The van der Waals surface area contributed by atoms with E-state index in [1.807, 2.05) is 32.9 Å². The molecular weight excluding hydrogens is 183 g/mol. The molecule has 1 unspecified atom stereocenters. The molecule has 0 saturated heterocycles. The number of allylic oxidation sites excluding steroid dienone is 1. The van der Waals surface area contributed by atoms with Crippen LogP contribution < -0.4 is 0 Å². The molecule has 0 spiro atoms. The lowest BCUT2D eigenvalue weighted by Gasteiger charge is -2.15. The van der Waals surface area contributed by atoms with Crippen LogP contribution in [0.1, 0.15) is 20.8 Å². The molecule has 0 bridgehead atoms. The summed E-state index contributed by atoms with van der Waals surface area (Å²) in [6, 6.07) is 0. The van der Waals surface area contributed by atoms with Gasteiger partial charge in [0.2, 0.25) is 0 Å².